The highest BCUT2D eigenvalue weighted by atomic mass is 79.9. The van der Waals surface area contributed by atoms with Crippen LogP contribution in [0.1, 0.15) is 34.1 Å². The van der Waals surface area contributed by atoms with Gasteiger partial charge in [-0.2, -0.15) is 0 Å². The van der Waals surface area contributed by atoms with Crippen molar-refractivity contribution < 1.29 is 14.2 Å². The topological polar surface area (TPSA) is 27.7 Å². The smallest absolute Gasteiger partial charge is 0.163 e. The van der Waals surface area contributed by atoms with Crippen LogP contribution in [0.15, 0.2) is 0 Å². The van der Waals surface area contributed by atoms with Gasteiger partial charge in [0.1, 0.15) is 6.10 Å². The van der Waals surface area contributed by atoms with Gasteiger partial charge in [0.05, 0.1) is 13.2 Å². The van der Waals surface area contributed by atoms with Crippen LogP contribution in [-0.2, 0) is 14.2 Å². The minimum absolute atomic E-state index is 0.116. The van der Waals surface area contributed by atoms with Crippen LogP contribution in [0.3, 0.4) is 0 Å². The molecule has 0 N–H and O–H groups in total. The van der Waals surface area contributed by atoms with E-state index in [9.17, 15) is 0 Å². The normalized spacial score (nSPS) is 23.4. The molecule has 0 saturated carbocycles. The molecule has 1 saturated heterocycles. The third-order valence-corrected chi connectivity index (χ3v) is 2.56. The molecule has 4 heteroatoms. The van der Waals surface area contributed by atoms with Crippen LogP contribution in [0, 0.1) is 0 Å². The first-order chi connectivity index (χ1) is 7.05. The molecule has 0 aromatic heterocycles. The Morgan fingerprint density at radius 2 is 2.00 bits per heavy atom. The molecule has 0 aromatic rings. The van der Waals surface area contributed by atoms with E-state index in [4.69, 9.17) is 14.2 Å². The van der Waals surface area contributed by atoms with Crippen molar-refractivity contribution in [3.63, 3.8) is 0 Å². The lowest BCUT2D eigenvalue weighted by Gasteiger charge is -2.16. The molecule has 1 rings (SSSR count). The zero-order valence-corrected chi connectivity index (χ0v) is 11.8. The predicted molar refractivity (Wildman–Crippen MR) is 65.5 cm³/mol. The number of alkyl halides is 1. The van der Waals surface area contributed by atoms with E-state index in [1.54, 1.807) is 0 Å². The molecule has 1 aliphatic rings. The lowest BCUT2D eigenvalue weighted by atomic mass is 10.4. The second-order valence-electron chi connectivity index (χ2n) is 3.80. The van der Waals surface area contributed by atoms with Crippen molar-refractivity contribution >= 4 is 15.9 Å². The van der Waals surface area contributed by atoms with Crippen LogP contribution < -0.4 is 0 Å². The van der Waals surface area contributed by atoms with Gasteiger partial charge in [-0.1, -0.05) is 22.9 Å². The number of ether oxygens (including phenoxy) is 3. The zero-order valence-electron chi connectivity index (χ0n) is 10.2. The van der Waals surface area contributed by atoms with Gasteiger partial charge in [-0.15, -0.1) is 0 Å². The maximum absolute atomic E-state index is 5.50. The summed E-state index contributed by atoms with van der Waals surface area (Å²) < 4.78 is 16.1. The summed E-state index contributed by atoms with van der Waals surface area (Å²) in [6, 6.07) is 0. The molecule has 0 spiro atoms. The second-order valence-corrected chi connectivity index (χ2v) is 4.59. The maximum Gasteiger partial charge on any atom is 0.163 e. The second kappa shape index (κ2) is 8.50. The third kappa shape index (κ3) is 8.20. The predicted octanol–water partition coefficient (Wildman–Crippen LogP) is 2.97. The van der Waals surface area contributed by atoms with Gasteiger partial charge in [-0.25, -0.2) is 0 Å². The van der Waals surface area contributed by atoms with E-state index >= 15 is 0 Å². The van der Waals surface area contributed by atoms with Gasteiger partial charge in [0.15, 0.2) is 5.79 Å². The van der Waals surface area contributed by atoms with E-state index in [1.165, 1.54) is 6.42 Å². The number of halogens is 1. The highest BCUT2D eigenvalue weighted by Gasteiger charge is 2.32. The summed E-state index contributed by atoms with van der Waals surface area (Å²) in [5, 5.41) is 1.13. The molecule has 0 bridgehead atoms. The van der Waals surface area contributed by atoms with Gasteiger partial charge in [-0.3, -0.25) is 0 Å². The maximum atomic E-state index is 5.50. The summed E-state index contributed by atoms with van der Waals surface area (Å²) in [4.78, 5) is 0. The zero-order chi connectivity index (χ0) is 11.7. The molecule has 1 aliphatic heterocycles. The summed E-state index contributed by atoms with van der Waals surface area (Å²) in [5.41, 5.74) is 0. The van der Waals surface area contributed by atoms with Crippen LogP contribution in [0.4, 0.5) is 0 Å². The number of rotatable bonds is 4. The molecule has 0 aromatic carbocycles. The van der Waals surface area contributed by atoms with E-state index in [2.05, 4.69) is 22.9 Å². The quantitative estimate of drug-likeness (QED) is 0.742. The minimum Gasteiger partial charge on any atom is -0.379 e. The molecular weight excluding hydrogens is 260 g/mol. The standard InChI is InChI=1S/C8H16O3.C3H7Br/c1-4-9-5-7-6-10-8(2,3)11-7;1-2-3-4/h7H,4-6H2,1-3H3;2-3H2,1H3/t7-;/m0./s1. The molecule has 0 radical (unpaired) electrons. The van der Waals surface area contributed by atoms with Crippen molar-refractivity contribution in [1.82, 2.24) is 0 Å². The van der Waals surface area contributed by atoms with Gasteiger partial charge in [0.25, 0.3) is 0 Å². The Labute approximate surface area is 102 Å². The van der Waals surface area contributed by atoms with E-state index in [0.29, 0.717) is 13.2 Å². The van der Waals surface area contributed by atoms with Gasteiger partial charge < -0.3 is 14.2 Å². The highest BCUT2D eigenvalue weighted by Crippen LogP contribution is 2.22. The van der Waals surface area contributed by atoms with E-state index < -0.39 is 5.79 Å². The third-order valence-electron chi connectivity index (χ3n) is 1.76. The average molecular weight is 283 g/mol. The van der Waals surface area contributed by atoms with Crippen LogP contribution in [0.25, 0.3) is 0 Å². The van der Waals surface area contributed by atoms with Gasteiger partial charge in [0.2, 0.25) is 0 Å². The summed E-state index contributed by atoms with van der Waals surface area (Å²) in [6.07, 6.45) is 1.35. The SMILES string of the molecule is CCCBr.CCOC[C@H]1COC(C)(C)O1. The van der Waals surface area contributed by atoms with E-state index in [1.807, 2.05) is 20.8 Å². The molecule has 92 valence electrons. The first kappa shape index (κ1) is 15.4. The summed E-state index contributed by atoms with van der Waals surface area (Å²) in [7, 11) is 0. The molecule has 0 unspecified atom stereocenters. The Kier molecular flexibility index (Phi) is 8.71. The summed E-state index contributed by atoms with van der Waals surface area (Å²) >= 11 is 3.25. The van der Waals surface area contributed by atoms with Crippen LogP contribution in [0.2, 0.25) is 0 Å². The Bertz CT molecular complexity index is 149. The molecule has 0 aliphatic carbocycles. The van der Waals surface area contributed by atoms with Crippen LogP contribution in [-0.4, -0.2) is 37.0 Å². The average Bonchev–Trinajstić information content (AvgIpc) is 2.55. The molecule has 1 atom stereocenters. The number of hydrogen-bond acceptors (Lipinski definition) is 3. The fourth-order valence-electron chi connectivity index (χ4n) is 1.09. The van der Waals surface area contributed by atoms with Gasteiger partial charge in [0, 0.05) is 11.9 Å². The largest absolute Gasteiger partial charge is 0.379 e. The Morgan fingerprint density at radius 1 is 1.40 bits per heavy atom. The van der Waals surface area contributed by atoms with Crippen molar-refractivity contribution in [2.24, 2.45) is 0 Å². The Balaban J connectivity index is 0.000000423. The first-order valence-corrected chi connectivity index (χ1v) is 6.63. The molecule has 1 fully saturated rings. The fraction of sp³-hybridized carbons (Fsp3) is 1.00. The van der Waals surface area contributed by atoms with Crippen molar-refractivity contribution in [2.45, 2.75) is 46.0 Å². The van der Waals surface area contributed by atoms with Gasteiger partial charge in [-0.05, 0) is 27.2 Å². The van der Waals surface area contributed by atoms with Crippen molar-refractivity contribution in [1.29, 1.82) is 0 Å². The summed E-state index contributed by atoms with van der Waals surface area (Å²) in [6.45, 7) is 9.96. The van der Waals surface area contributed by atoms with Gasteiger partial charge >= 0.3 is 0 Å². The van der Waals surface area contributed by atoms with Crippen LogP contribution in [0.5, 0.6) is 0 Å². The molecule has 1 heterocycles. The lowest BCUT2D eigenvalue weighted by Crippen LogP contribution is -2.23. The number of hydrogen-bond donors (Lipinski definition) is 0. The fourth-order valence-corrected chi connectivity index (χ4v) is 1.09. The Hall–Kier alpha value is 0.360. The van der Waals surface area contributed by atoms with Crippen molar-refractivity contribution in [2.75, 3.05) is 25.2 Å². The van der Waals surface area contributed by atoms with Crippen molar-refractivity contribution in [3.8, 4) is 0 Å². The molecule has 15 heavy (non-hydrogen) atoms. The first-order valence-electron chi connectivity index (χ1n) is 5.51. The Morgan fingerprint density at radius 3 is 2.33 bits per heavy atom. The summed E-state index contributed by atoms with van der Waals surface area (Å²) in [5.74, 6) is -0.415. The highest BCUT2D eigenvalue weighted by molar-refractivity contribution is 9.09. The minimum atomic E-state index is -0.415. The lowest BCUT2D eigenvalue weighted by molar-refractivity contribution is -0.144. The molecule has 0 amide bonds. The van der Waals surface area contributed by atoms with E-state index in [0.717, 1.165) is 11.9 Å². The van der Waals surface area contributed by atoms with E-state index in [-0.39, 0.29) is 6.10 Å². The monoisotopic (exact) mass is 282 g/mol. The van der Waals surface area contributed by atoms with Crippen molar-refractivity contribution in [3.05, 3.63) is 0 Å². The molecular formula is C11H23BrO3. The molecule has 3 nitrogen and oxygen atoms in total. The van der Waals surface area contributed by atoms with Crippen LogP contribution >= 0.6 is 15.9 Å².